The standard InChI is InChI=1S/C15H23NO4/c1-9(2)18-13-7-6-12(20-15(17)11(5)16)8-14(13)19-10(3)4/h6-11H,16H2,1-5H3/t11-/m0/s1. The molecule has 0 saturated carbocycles. The maximum Gasteiger partial charge on any atom is 0.328 e. The number of carbonyl (C=O) groups excluding carboxylic acids is 1. The van der Waals surface area contributed by atoms with Crippen molar-refractivity contribution in [3.05, 3.63) is 18.2 Å². The van der Waals surface area contributed by atoms with Gasteiger partial charge < -0.3 is 19.9 Å². The molecule has 0 unspecified atom stereocenters. The van der Waals surface area contributed by atoms with E-state index >= 15 is 0 Å². The molecular weight excluding hydrogens is 258 g/mol. The minimum absolute atomic E-state index is 0.0103. The predicted molar refractivity (Wildman–Crippen MR) is 77.3 cm³/mol. The van der Waals surface area contributed by atoms with Crippen molar-refractivity contribution < 1.29 is 19.0 Å². The molecule has 112 valence electrons. The molecule has 1 aromatic carbocycles. The van der Waals surface area contributed by atoms with Gasteiger partial charge in [-0.05, 0) is 46.8 Å². The summed E-state index contributed by atoms with van der Waals surface area (Å²) in [6, 6.07) is 4.35. The van der Waals surface area contributed by atoms with Crippen molar-refractivity contribution in [3.8, 4) is 17.2 Å². The molecule has 5 heteroatoms. The highest BCUT2D eigenvalue weighted by molar-refractivity contribution is 5.77. The van der Waals surface area contributed by atoms with Crippen LogP contribution in [0.15, 0.2) is 18.2 Å². The summed E-state index contributed by atoms with van der Waals surface area (Å²) in [6.07, 6.45) is 0.0193. The highest BCUT2D eigenvalue weighted by Gasteiger charge is 2.14. The van der Waals surface area contributed by atoms with Gasteiger partial charge in [0.25, 0.3) is 0 Å². The van der Waals surface area contributed by atoms with Crippen LogP contribution in [-0.2, 0) is 4.79 Å². The van der Waals surface area contributed by atoms with Crippen molar-refractivity contribution in [2.24, 2.45) is 5.73 Å². The molecule has 5 nitrogen and oxygen atoms in total. The Morgan fingerprint density at radius 2 is 1.55 bits per heavy atom. The third kappa shape index (κ3) is 5.09. The van der Waals surface area contributed by atoms with Gasteiger partial charge in [-0.1, -0.05) is 0 Å². The molecule has 0 fully saturated rings. The van der Waals surface area contributed by atoms with Crippen LogP contribution in [0.2, 0.25) is 0 Å². The highest BCUT2D eigenvalue weighted by Crippen LogP contribution is 2.33. The first-order valence-corrected chi connectivity index (χ1v) is 6.74. The van der Waals surface area contributed by atoms with Gasteiger partial charge in [0, 0.05) is 6.07 Å². The van der Waals surface area contributed by atoms with E-state index in [2.05, 4.69) is 0 Å². The lowest BCUT2D eigenvalue weighted by atomic mass is 10.2. The Balaban J connectivity index is 2.97. The first kappa shape index (κ1) is 16.3. The minimum atomic E-state index is -0.670. The van der Waals surface area contributed by atoms with Crippen LogP contribution >= 0.6 is 0 Å². The Kier molecular flexibility index (Phi) is 5.82. The van der Waals surface area contributed by atoms with E-state index in [9.17, 15) is 4.79 Å². The molecule has 2 N–H and O–H groups in total. The lowest BCUT2D eigenvalue weighted by Gasteiger charge is -2.18. The van der Waals surface area contributed by atoms with E-state index in [0.717, 1.165) is 0 Å². The van der Waals surface area contributed by atoms with Crippen LogP contribution in [0.5, 0.6) is 17.2 Å². The van der Waals surface area contributed by atoms with E-state index in [0.29, 0.717) is 17.2 Å². The molecular formula is C15H23NO4. The first-order valence-electron chi connectivity index (χ1n) is 6.74. The average Bonchev–Trinajstić information content (AvgIpc) is 2.31. The molecule has 0 radical (unpaired) electrons. The Bertz CT molecular complexity index is 455. The van der Waals surface area contributed by atoms with E-state index in [1.165, 1.54) is 0 Å². The number of rotatable bonds is 6. The third-order valence-corrected chi connectivity index (χ3v) is 2.23. The molecule has 0 heterocycles. The summed E-state index contributed by atoms with van der Waals surface area (Å²) in [5.74, 6) is 1.06. The van der Waals surface area contributed by atoms with Gasteiger partial charge in [0.2, 0.25) is 0 Å². The van der Waals surface area contributed by atoms with Gasteiger partial charge >= 0.3 is 5.97 Å². The van der Waals surface area contributed by atoms with E-state index in [1.807, 2.05) is 27.7 Å². The van der Waals surface area contributed by atoms with Crippen molar-refractivity contribution in [1.29, 1.82) is 0 Å². The molecule has 0 saturated heterocycles. The normalized spacial score (nSPS) is 12.4. The molecule has 1 atom stereocenters. The number of hydrogen-bond donors (Lipinski definition) is 1. The van der Waals surface area contributed by atoms with Crippen molar-refractivity contribution >= 4 is 5.97 Å². The average molecular weight is 281 g/mol. The second-order valence-corrected chi connectivity index (χ2v) is 5.15. The summed E-state index contributed by atoms with van der Waals surface area (Å²) in [6.45, 7) is 9.27. The number of carbonyl (C=O) groups is 1. The largest absolute Gasteiger partial charge is 0.487 e. The Morgan fingerprint density at radius 3 is 2.05 bits per heavy atom. The second kappa shape index (κ2) is 7.14. The fraction of sp³-hybridized carbons (Fsp3) is 0.533. The van der Waals surface area contributed by atoms with Crippen LogP contribution in [-0.4, -0.2) is 24.2 Å². The molecule has 1 rings (SSSR count). The fourth-order valence-corrected chi connectivity index (χ4v) is 1.46. The molecule has 0 aliphatic heterocycles. The molecule has 0 aliphatic carbocycles. The molecule has 0 spiro atoms. The number of ether oxygens (including phenoxy) is 3. The maximum absolute atomic E-state index is 11.5. The zero-order valence-electron chi connectivity index (χ0n) is 12.7. The number of hydrogen-bond acceptors (Lipinski definition) is 5. The van der Waals surface area contributed by atoms with Crippen LogP contribution in [0.4, 0.5) is 0 Å². The van der Waals surface area contributed by atoms with Crippen LogP contribution in [0.25, 0.3) is 0 Å². The smallest absolute Gasteiger partial charge is 0.328 e. The van der Waals surface area contributed by atoms with E-state index in [1.54, 1.807) is 25.1 Å². The quantitative estimate of drug-likeness (QED) is 0.641. The van der Waals surface area contributed by atoms with E-state index in [-0.39, 0.29) is 12.2 Å². The molecule has 0 aliphatic rings. The van der Waals surface area contributed by atoms with Crippen molar-refractivity contribution in [2.75, 3.05) is 0 Å². The van der Waals surface area contributed by atoms with Crippen LogP contribution in [0, 0.1) is 0 Å². The Morgan fingerprint density at radius 1 is 1.00 bits per heavy atom. The highest BCUT2D eigenvalue weighted by atomic mass is 16.5. The molecule has 0 bridgehead atoms. The summed E-state index contributed by atoms with van der Waals surface area (Å²) in [4.78, 5) is 11.5. The summed E-state index contributed by atoms with van der Waals surface area (Å²) in [5.41, 5.74) is 5.47. The van der Waals surface area contributed by atoms with E-state index < -0.39 is 12.0 Å². The third-order valence-electron chi connectivity index (χ3n) is 2.23. The van der Waals surface area contributed by atoms with Gasteiger partial charge in [-0.2, -0.15) is 0 Å². The van der Waals surface area contributed by atoms with Crippen molar-refractivity contribution in [1.82, 2.24) is 0 Å². The van der Waals surface area contributed by atoms with Crippen LogP contribution in [0.3, 0.4) is 0 Å². The lowest BCUT2D eigenvalue weighted by molar-refractivity contribution is -0.135. The van der Waals surface area contributed by atoms with E-state index in [4.69, 9.17) is 19.9 Å². The Labute approximate surface area is 120 Å². The maximum atomic E-state index is 11.5. The zero-order chi connectivity index (χ0) is 15.3. The van der Waals surface area contributed by atoms with Crippen LogP contribution in [0.1, 0.15) is 34.6 Å². The monoisotopic (exact) mass is 281 g/mol. The predicted octanol–water partition coefficient (Wildman–Crippen LogP) is 2.51. The van der Waals surface area contributed by atoms with Gasteiger partial charge in [0.15, 0.2) is 11.5 Å². The molecule has 0 amide bonds. The van der Waals surface area contributed by atoms with Gasteiger partial charge in [-0.15, -0.1) is 0 Å². The summed E-state index contributed by atoms with van der Waals surface area (Å²) >= 11 is 0. The van der Waals surface area contributed by atoms with Gasteiger partial charge in [-0.25, -0.2) is 4.79 Å². The number of nitrogens with two attached hydrogens (primary N) is 1. The minimum Gasteiger partial charge on any atom is -0.487 e. The molecule has 20 heavy (non-hydrogen) atoms. The van der Waals surface area contributed by atoms with Crippen LogP contribution < -0.4 is 19.9 Å². The van der Waals surface area contributed by atoms with Crippen molar-refractivity contribution in [2.45, 2.75) is 52.9 Å². The molecule has 0 aromatic heterocycles. The van der Waals surface area contributed by atoms with Gasteiger partial charge in [0.05, 0.1) is 12.2 Å². The SMILES string of the molecule is CC(C)Oc1ccc(OC(=O)[C@H](C)N)cc1OC(C)C. The fourth-order valence-electron chi connectivity index (χ4n) is 1.46. The molecule has 1 aromatic rings. The zero-order valence-corrected chi connectivity index (χ0v) is 12.7. The van der Waals surface area contributed by atoms with Gasteiger partial charge in [-0.3, -0.25) is 0 Å². The summed E-state index contributed by atoms with van der Waals surface area (Å²) < 4.78 is 16.5. The number of esters is 1. The summed E-state index contributed by atoms with van der Waals surface area (Å²) in [5, 5.41) is 0. The first-order chi connectivity index (χ1) is 9.29. The number of benzene rings is 1. The topological polar surface area (TPSA) is 70.8 Å². The van der Waals surface area contributed by atoms with Gasteiger partial charge in [0.1, 0.15) is 11.8 Å². The lowest BCUT2D eigenvalue weighted by Crippen LogP contribution is -2.30. The second-order valence-electron chi connectivity index (χ2n) is 5.15. The van der Waals surface area contributed by atoms with Crippen molar-refractivity contribution in [3.63, 3.8) is 0 Å². The Hall–Kier alpha value is -1.75. The summed E-state index contributed by atoms with van der Waals surface area (Å²) in [7, 11) is 0.